The van der Waals surface area contributed by atoms with E-state index in [1.54, 1.807) is 0 Å². The van der Waals surface area contributed by atoms with Crippen molar-refractivity contribution in [3.63, 3.8) is 0 Å². The quantitative estimate of drug-likeness (QED) is 0.629. The van der Waals surface area contributed by atoms with Crippen molar-refractivity contribution >= 4 is 0 Å². The standard InChI is InChI=1S/C18H21N/c1-14-8-4-3-7-11-19(2)18-13-16-10-6-5-9-15(16)12-17(14)18/h3-10,12,14,16H,11,13H2,1-2H3. The van der Waals surface area contributed by atoms with Crippen LogP contribution in [-0.2, 0) is 0 Å². The van der Waals surface area contributed by atoms with Crippen LogP contribution in [0.5, 0.6) is 0 Å². The molecular formula is C18H21N. The van der Waals surface area contributed by atoms with E-state index >= 15 is 0 Å². The highest BCUT2D eigenvalue weighted by Gasteiger charge is 2.25. The maximum absolute atomic E-state index is 2.40. The molecule has 0 aromatic heterocycles. The van der Waals surface area contributed by atoms with Gasteiger partial charge < -0.3 is 4.90 Å². The molecule has 19 heavy (non-hydrogen) atoms. The van der Waals surface area contributed by atoms with E-state index in [1.165, 1.54) is 16.8 Å². The molecule has 0 aromatic carbocycles. The lowest BCUT2D eigenvalue weighted by Gasteiger charge is -2.33. The Kier molecular flexibility index (Phi) is 3.29. The summed E-state index contributed by atoms with van der Waals surface area (Å²) in [5, 5.41) is 0. The van der Waals surface area contributed by atoms with Crippen LogP contribution in [0.1, 0.15) is 13.3 Å². The molecule has 98 valence electrons. The molecule has 0 saturated heterocycles. The topological polar surface area (TPSA) is 3.24 Å². The van der Waals surface area contributed by atoms with Gasteiger partial charge in [0.25, 0.3) is 0 Å². The van der Waals surface area contributed by atoms with Crippen LogP contribution >= 0.6 is 0 Å². The monoisotopic (exact) mass is 251 g/mol. The smallest absolute Gasteiger partial charge is 0.0356 e. The lowest BCUT2D eigenvalue weighted by atomic mass is 9.80. The van der Waals surface area contributed by atoms with E-state index in [4.69, 9.17) is 0 Å². The van der Waals surface area contributed by atoms with E-state index in [-0.39, 0.29) is 0 Å². The van der Waals surface area contributed by atoms with E-state index in [2.05, 4.69) is 73.6 Å². The lowest BCUT2D eigenvalue weighted by molar-refractivity contribution is 0.418. The molecule has 1 heteroatoms. The van der Waals surface area contributed by atoms with E-state index in [0.29, 0.717) is 11.8 Å². The Morgan fingerprint density at radius 2 is 1.95 bits per heavy atom. The zero-order valence-corrected chi connectivity index (χ0v) is 11.7. The van der Waals surface area contributed by atoms with Crippen molar-refractivity contribution < 1.29 is 0 Å². The average Bonchev–Trinajstić information content (AvgIpc) is 2.50. The molecule has 0 fully saturated rings. The van der Waals surface area contributed by atoms with Crippen LogP contribution in [0.2, 0.25) is 0 Å². The molecule has 0 radical (unpaired) electrons. The van der Waals surface area contributed by atoms with E-state index in [0.717, 1.165) is 13.0 Å². The zero-order chi connectivity index (χ0) is 13.2. The number of hydrogen-bond donors (Lipinski definition) is 0. The molecule has 0 amide bonds. The Bertz CT molecular complexity index is 540. The summed E-state index contributed by atoms with van der Waals surface area (Å²) < 4.78 is 0. The van der Waals surface area contributed by atoms with Crippen molar-refractivity contribution in [3.8, 4) is 0 Å². The van der Waals surface area contributed by atoms with Crippen molar-refractivity contribution in [2.75, 3.05) is 13.6 Å². The predicted octanol–water partition coefficient (Wildman–Crippen LogP) is 4.01. The highest BCUT2D eigenvalue weighted by atomic mass is 15.1. The summed E-state index contributed by atoms with van der Waals surface area (Å²) in [6, 6.07) is 0. The lowest BCUT2D eigenvalue weighted by Crippen LogP contribution is -2.25. The largest absolute Gasteiger partial charge is 0.374 e. The van der Waals surface area contributed by atoms with Crippen LogP contribution in [0.3, 0.4) is 0 Å². The van der Waals surface area contributed by atoms with Crippen LogP contribution < -0.4 is 0 Å². The Morgan fingerprint density at radius 1 is 1.11 bits per heavy atom. The zero-order valence-electron chi connectivity index (χ0n) is 11.7. The Hall–Kier alpha value is -1.76. The van der Waals surface area contributed by atoms with Gasteiger partial charge in [0.2, 0.25) is 0 Å². The van der Waals surface area contributed by atoms with Gasteiger partial charge in [-0.25, -0.2) is 0 Å². The molecule has 0 saturated carbocycles. The van der Waals surface area contributed by atoms with E-state index < -0.39 is 0 Å². The van der Waals surface area contributed by atoms with Gasteiger partial charge in [0.1, 0.15) is 0 Å². The van der Waals surface area contributed by atoms with Crippen LogP contribution in [0, 0.1) is 11.8 Å². The van der Waals surface area contributed by atoms with Crippen LogP contribution in [0.15, 0.2) is 71.5 Å². The van der Waals surface area contributed by atoms with Gasteiger partial charge in [0, 0.05) is 31.1 Å². The number of rotatable bonds is 0. The number of fused-ring (bicyclic) bond motifs is 1. The SMILES string of the molecule is CC1C=CC=CCN(C)C2=C1C=C1C=CC=CC1C2. The second-order valence-corrected chi connectivity index (χ2v) is 5.58. The summed E-state index contributed by atoms with van der Waals surface area (Å²) in [7, 11) is 2.21. The second-order valence-electron chi connectivity index (χ2n) is 5.58. The molecule has 2 aliphatic carbocycles. The first-order valence-corrected chi connectivity index (χ1v) is 7.09. The average molecular weight is 251 g/mol. The minimum atomic E-state index is 0.480. The molecule has 2 unspecified atom stereocenters. The molecule has 1 heterocycles. The fraction of sp³-hybridized carbons (Fsp3) is 0.333. The minimum absolute atomic E-state index is 0.480. The van der Waals surface area contributed by atoms with E-state index in [1.807, 2.05) is 0 Å². The molecule has 1 aliphatic heterocycles. The maximum atomic E-state index is 2.40. The normalized spacial score (nSPS) is 29.4. The Labute approximate surface area is 116 Å². The van der Waals surface area contributed by atoms with Crippen molar-refractivity contribution in [1.82, 2.24) is 4.90 Å². The Balaban J connectivity index is 2.04. The van der Waals surface area contributed by atoms with Crippen LogP contribution in [-0.4, -0.2) is 18.5 Å². The number of likely N-dealkylation sites (N-methyl/N-ethyl adjacent to an activating group) is 1. The third-order valence-electron chi connectivity index (χ3n) is 4.22. The predicted molar refractivity (Wildman–Crippen MR) is 81.6 cm³/mol. The van der Waals surface area contributed by atoms with Gasteiger partial charge in [0.15, 0.2) is 0 Å². The van der Waals surface area contributed by atoms with Gasteiger partial charge in [-0.2, -0.15) is 0 Å². The molecule has 3 rings (SSSR count). The molecule has 3 aliphatic rings. The fourth-order valence-electron chi connectivity index (χ4n) is 3.04. The van der Waals surface area contributed by atoms with Gasteiger partial charge in [0.05, 0.1) is 0 Å². The maximum Gasteiger partial charge on any atom is 0.0356 e. The van der Waals surface area contributed by atoms with Gasteiger partial charge >= 0.3 is 0 Å². The van der Waals surface area contributed by atoms with Crippen molar-refractivity contribution in [2.24, 2.45) is 11.8 Å². The van der Waals surface area contributed by atoms with Crippen molar-refractivity contribution in [2.45, 2.75) is 13.3 Å². The van der Waals surface area contributed by atoms with Gasteiger partial charge in [-0.05, 0) is 17.6 Å². The molecule has 0 spiro atoms. The van der Waals surface area contributed by atoms with Crippen molar-refractivity contribution in [3.05, 3.63) is 71.5 Å². The van der Waals surface area contributed by atoms with Gasteiger partial charge in [-0.15, -0.1) is 0 Å². The highest BCUT2D eigenvalue weighted by molar-refractivity contribution is 5.46. The summed E-state index contributed by atoms with van der Waals surface area (Å²) in [4.78, 5) is 2.40. The fourth-order valence-corrected chi connectivity index (χ4v) is 3.04. The molecule has 2 atom stereocenters. The van der Waals surface area contributed by atoms with Gasteiger partial charge in [-0.3, -0.25) is 0 Å². The van der Waals surface area contributed by atoms with Crippen LogP contribution in [0.4, 0.5) is 0 Å². The number of hydrogen-bond acceptors (Lipinski definition) is 1. The third kappa shape index (κ3) is 2.37. The first-order chi connectivity index (χ1) is 9.25. The molecular weight excluding hydrogens is 230 g/mol. The molecule has 1 nitrogen and oxygen atoms in total. The summed E-state index contributed by atoms with van der Waals surface area (Å²) in [6.45, 7) is 3.28. The summed E-state index contributed by atoms with van der Waals surface area (Å²) in [6.07, 6.45) is 21.3. The Morgan fingerprint density at radius 3 is 2.84 bits per heavy atom. The summed E-state index contributed by atoms with van der Waals surface area (Å²) in [5.74, 6) is 1.04. The van der Waals surface area contributed by atoms with Gasteiger partial charge in [-0.1, -0.05) is 61.6 Å². The summed E-state index contributed by atoms with van der Waals surface area (Å²) >= 11 is 0. The molecule has 0 aromatic rings. The molecule has 0 bridgehead atoms. The third-order valence-corrected chi connectivity index (χ3v) is 4.22. The van der Waals surface area contributed by atoms with Crippen molar-refractivity contribution in [1.29, 1.82) is 0 Å². The first kappa shape index (κ1) is 12.3. The van der Waals surface area contributed by atoms with Crippen LogP contribution in [0.25, 0.3) is 0 Å². The first-order valence-electron chi connectivity index (χ1n) is 7.09. The highest BCUT2D eigenvalue weighted by Crippen LogP contribution is 2.37. The number of nitrogens with zero attached hydrogens (tertiary/aromatic N) is 1. The number of allylic oxidation sites excluding steroid dienone is 11. The summed E-state index contributed by atoms with van der Waals surface area (Å²) in [5.41, 5.74) is 4.44. The van der Waals surface area contributed by atoms with E-state index in [9.17, 15) is 0 Å². The minimum Gasteiger partial charge on any atom is -0.374 e. The second kappa shape index (κ2) is 5.08. The molecule has 0 N–H and O–H groups in total.